The minimum absolute atomic E-state index is 0.0103. The number of carbonyl (C=O) groups excluding carboxylic acids is 2. The van der Waals surface area contributed by atoms with Gasteiger partial charge >= 0.3 is 0 Å². The van der Waals surface area contributed by atoms with Crippen LogP contribution in [0.3, 0.4) is 0 Å². The van der Waals surface area contributed by atoms with Crippen LogP contribution in [0.25, 0.3) is 0 Å². The zero-order valence-electron chi connectivity index (χ0n) is 12.1. The molecule has 0 aliphatic carbocycles. The summed E-state index contributed by atoms with van der Waals surface area (Å²) in [5.74, 6) is -1.30. The molecular weight excluding hydrogens is 261 g/mol. The third kappa shape index (κ3) is 3.94. The number of halogens is 1. The van der Waals surface area contributed by atoms with Gasteiger partial charge in [0.1, 0.15) is 11.9 Å². The largest absolute Gasteiger partial charge is 0.385 e. The fraction of sp³-hybridized carbons (Fsp3) is 0.429. The Morgan fingerprint density at radius 3 is 2.35 bits per heavy atom. The molecule has 0 aromatic heterocycles. The lowest BCUT2D eigenvalue weighted by Crippen LogP contribution is -2.46. The molecule has 1 aromatic rings. The molecule has 6 heteroatoms. The van der Waals surface area contributed by atoms with Gasteiger partial charge in [0, 0.05) is 13.1 Å². The number of rotatable bonds is 5. The van der Waals surface area contributed by atoms with Gasteiger partial charge < -0.3 is 16.0 Å². The lowest BCUT2D eigenvalue weighted by Gasteiger charge is -2.17. The van der Waals surface area contributed by atoms with Gasteiger partial charge in [-0.25, -0.2) is 4.39 Å². The van der Waals surface area contributed by atoms with Gasteiger partial charge in [-0.15, -0.1) is 0 Å². The number of hydrogen-bond acceptors (Lipinski definition) is 3. The second-order valence-corrected chi connectivity index (χ2v) is 4.77. The van der Waals surface area contributed by atoms with E-state index in [9.17, 15) is 14.0 Å². The van der Waals surface area contributed by atoms with Crippen molar-refractivity contribution < 1.29 is 14.0 Å². The van der Waals surface area contributed by atoms with Gasteiger partial charge in [0.15, 0.2) is 0 Å². The molecule has 0 bridgehead atoms. The number of nitrogens with one attached hydrogen (secondary N) is 3. The first-order valence-corrected chi connectivity index (χ1v) is 6.44. The van der Waals surface area contributed by atoms with E-state index in [0.29, 0.717) is 0 Å². The smallest absolute Gasteiger partial charge is 0.254 e. The van der Waals surface area contributed by atoms with Crippen LogP contribution in [0, 0.1) is 5.82 Å². The first-order valence-electron chi connectivity index (χ1n) is 6.44. The van der Waals surface area contributed by atoms with Gasteiger partial charge in [-0.3, -0.25) is 9.59 Å². The Morgan fingerprint density at radius 1 is 1.15 bits per heavy atom. The van der Waals surface area contributed by atoms with Crippen LogP contribution in [0.15, 0.2) is 18.2 Å². The van der Waals surface area contributed by atoms with Crippen molar-refractivity contribution >= 4 is 17.5 Å². The van der Waals surface area contributed by atoms with Crippen LogP contribution in [0.4, 0.5) is 10.1 Å². The third-order valence-corrected chi connectivity index (χ3v) is 2.68. The van der Waals surface area contributed by atoms with E-state index in [0.717, 1.165) is 0 Å². The predicted molar refractivity (Wildman–Crippen MR) is 76.2 cm³/mol. The van der Waals surface area contributed by atoms with E-state index in [1.807, 2.05) is 13.8 Å². The van der Waals surface area contributed by atoms with Crippen LogP contribution in [0.1, 0.15) is 31.1 Å². The monoisotopic (exact) mass is 281 g/mol. The summed E-state index contributed by atoms with van der Waals surface area (Å²) in [6.45, 7) is 5.24. The van der Waals surface area contributed by atoms with Crippen molar-refractivity contribution in [2.45, 2.75) is 32.9 Å². The molecule has 0 saturated heterocycles. The zero-order chi connectivity index (χ0) is 15.3. The summed E-state index contributed by atoms with van der Waals surface area (Å²) in [6.07, 6.45) is 0. The molecule has 5 nitrogen and oxygen atoms in total. The molecule has 0 saturated carbocycles. The Balaban J connectivity index is 2.82. The summed E-state index contributed by atoms with van der Waals surface area (Å²) in [5, 5.41) is 7.88. The first-order chi connectivity index (χ1) is 9.36. The molecule has 1 aromatic carbocycles. The third-order valence-electron chi connectivity index (χ3n) is 2.68. The van der Waals surface area contributed by atoms with Crippen LogP contribution in [0.5, 0.6) is 0 Å². The molecule has 1 atom stereocenters. The number of amides is 2. The Hall–Kier alpha value is -2.11. The van der Waals surface area contributed by atoms with Crippen molar-refractivity contribution in [1.82, 2.24) is 10.6 Å². The second-order valence-electron chi connectivity index (χ2n) is 4.77. The van der Waals surface area contributed by atoms with E-state index in [2.05, 4.69) is 16.0 Å². The van der Waals surface area contributed by atoms with Gasteiger partial charge in [-0.05, 0) is 32.9 Å². The second kappa shape index (κ2) is 6.88. The molecule has 1 unspecified atom stereocenters. The Morgan fingerprint density at radius 2 is 1.80 bits per heavy atom. The molecule has 0 heterocycles. The van der Waals surface area contributed by atoms with E-state index in [1.165, 1.54) is 25.2 Å². The molecule has 0 aliphatic rings. The summed E-state index contributed by atoms with van der Waals surface area (Å²) in [6, 6.07) is 3.50. The number of benzene rings is 1. The molecule has 0 aliphatic heterocycles. The summed E-state index contributed by atoms with van der Waals surface area (Å²) in [4.78, 5) is 23.8. The molecule has 0 spiro atoms. The van der Waals surface area contributed by atoms with Gasteiger partial charge in [-0.1, -0.05) is 6.07 Å². The fourth-order valence-corrected chi connectivity index (χ4v) is 1.72. The molecule has 20 heavy (non-hydrogen) atoms. The van der Waals surface area contributed by atoms with Crippen LogP contribution < -0.4 is 16.0 Å². The van der Waals surface area contributed by atoms with Crippen LogP contribution in [-0.4, -0.2) is 30.9 Å². The molecular formula is C14H20FN3O2. The van der Waals surface area contributed by atoms with E-state index in [4.69, 9.17) is 0 Å². The maximum atomic E-state index is 13.6. The van der Waals surface area contributed by atoms with Crippen molar-refractivity contribution in [2.75, 3.05) is 12.4 Å². The minimum atomic E-state index is -0.696. The van der Waals surface area contributed by atoms with Crippen molar-refractivity contribution in [3.63, 3.8) is 0 Å². The molecule has 0 radical (unpaired) electrons. The molecule has 3 N–H and O–H groups in total. The summed E-state index contributed by atoms with van der Waals surface area (Å²) in [7, 11) is 1.53. The maximum Gasteiger partial charge on any atom is 0.254 e. The van der Waals surface area contributed by atoms with Gasteiger partial charge in [-0.2, -0.15) is 0 Å². The lowest BCUT2D eigenvalue weighted by atomic mass is 10.1. The van der Waals surface area contributed by atoms with Crippen LogP contribution in [-0.2, 0) is 4.79 Å². The Labute approximate surface area is 117 Å². The number of carbonyl (C=O) groups is 2. The normalized spacial score (nSPS) is 11.9. The average Bonchev–Trinajstić information content (AvgIpc) is 2.37. The molecule has 110 valence electrons. The summed E-state index contributed by atoms with van der Waals surface area (Å²) < 4.78 is 13.6. The zero-order valence-corrected chi connectivity index (χ0v) is 12.1. The highest BCUT2D eigenvalue weighted by Crippen LogP contribution is 2.19. The fourth-order valence-electron chi connectivity index (χ4n) is 1.72. The first kappa shape index (κ1) is 15.9. The lowest BCUT2D eigenvalue weighted by molar-refractivity contribution is -0.123. The van der Waals surface area contributed by atoms with E-state index < -0.39 is 17.8 Å². The van der Waals surface area contributed by atoms with Gasteiger partial charge in [0.05, 0.1) is 11.3 Å². The van der Waals surface area contributed by atoms with Crippen molar-refractivity contribution in [3.05, 3.63) is 29.6 Å². The SMILES string of the molecule is CNc1c(F)cccc1C(=O)NC(C)C(=O)NC(C)C. The summed E-state index contributed by atoms with van der Waals surface area (Å²) in [5.41, 5.74) is 0.276. The Kier molecular flexibility index (Phi) is 5.49. The molecule has 2 amide bonds. The predicted octanol–water partition coefficient (Wildman–Crippen LogP) is 1.51. The van der Waals surface area contributed by atoms with Crippen molar-refractivity contribution in [3.8, 4) is 0 Å². The number of hydrogen-bond donors (Lipinski definition) is 3. The van der Waals surface area contributed by atoms with E-state index in [1.54, 1.807) is 6.92 Å². The minimum Gasteiger partial charge on any atom is -0.385 e. The van der Waals surface area contributed by atoms with Gasteiger partial charge in [0.2, 0.25) is 5.91 Å². The quantitative estimate of drug-likeness (QED) is 0.766. The average molecular weight is 281 g/mol. The number of para-hydroxylation sites is 1. The Bertz CT molecular complexity index is 503. The highest BCUT2D eigenvalue weighted by molar-refractivity contribution is 6.01. The standard InChI is InChI=1S/C14H20FN3O2/c1-8(2)17-13(19)9(3)18-14(20)10-6-5-7-11(15)12(10)16-4/h5-9,16H,1-4H3,(H,17,19)(H,18,20). The highest BCUT2D eigenvalue weighted by atomic mass is 19.1. The van der Waals surface area contributed by atoms with E-state index in [-0.39, 0.29) is 23.2 Å². The summed E-state index contributed by atoms with van der Waals surface area (Å²) >= 11 is 0. The van der Waals surface area contributed by atoms with Crippen molar-refractivity contribution in [2.24, 2.45) is 0 Å². The van der Waals surface area contributed by atoms with Gasteiger partial charge in [0.25, 0.3) is 5.91 Å². The van der Waals surface area contributed by atoms with Crippen LogP contribution in [0.2, 0.25) is 0 Å². The topological polar surface area (TPSA) is 70.2 Å². The molecule has 0 fully saturated rings. The maximum absolute atomic E-state index is 13.6. The van der Waals surface area contributed by atoms with Crippen molar-refractivity contribution in [1.29, 1.82) is 0 Å². The highest BCUT2D eigenvalue weighted by Gasteiger charge is 2.20. The molecule has 1 rings (SSSR count). The van der Waals surface area contributed by atoms with E-state index >= 15 is 0 Å². The number of anilines is 1. The van der Waals surface area contributed by atoms with Crippen LogP contribution >= 0.6 is 0 Å².